The van der Waals surface area contributed by atoms with Crippen LogP contribution in [-0.2, 0) is 42.7 Å². The van der Waals surface area contributed by atoms with Crippen LogP contribution >= 0.6 is 0 Å². The Morgan fingerprint density at radius 1 is 0.584 bits per heavy atom. The molecule has 8 fully saturated rings. The van der Waals surface area contributed by atoms with Gasteiger partial charge in [0.2, 0.25) is 6.29 Å². The molecule has 4 aliphatic heterocycles. The Hall–Kier alpha value is -1.67. The molecule has 4 heterocycles. The van der Waals surface area contributed by atoms with E-state index in [0.29, 0.717) is 44.9 Å². The predicted octanol–water partition coefficient (Wildman–Crippen LogP) is -3.45. The molecule has 0 amide bonds. The van der Waals surface area contributed by atoms with Crippen molar-refractivity contribution in [2.45, 2.75) is 228 Å². The van der Waals surface area contributed by atoms with Crippen LogP contribution < -0.4 is 0 Å². The largest absolute Gasteiger partial charge is 0.432 e. The number of carbonyl (C=O) groups is 1. The van der Waals surface area contributed by atoms with E-state index < -0.39 is 194 Å². The second-order valence-corrected chi connectivity index (χ2v) is 25.8. The first-order chi connectivity index (χ1) is 36.1. The van der Waals surface area contributed by atoms with Crippen LogP contribution in [0, 0.1) is 50.2 Å². The third-order valence-electron chi connectivity index (χ3n) is 21.2. The SMILES string of the molecule is CC1(C)CC[C@]2(C(=O)O[C@H]3O[C@@H](CO)[C@H](O)[C@@H](O)[C@@H]3O)[C@H](C1)C1=CC[C@@H]3[C@@]4(C)CC[C@H](O[C@H]5OC[C@H](O)[C@@H](O[C@H]6O[C@@H](CO)[C@H](O)[C@@H](O[C@H]7O[C@@H](CO)[C@H](O)[C@@H](O)[C@@H]7O)[C@@H]6O)[C@@H]5O)[C@@](C)(CO)[C@H]4CC[C@@]3(C)[C@]1(C)C[C@@H]2O. The maximum atomic E-state index is 14.8. The molecule has 4 saturated carbocycles. The molecule has 0 aromatic rings. The van der Waals surface area contributed by atoms with Gasteiger partial charge in [-0.05, 0) is 97.2 Å². The summed E-state index contributed by atoms with van der Waals surface area (Å²) in [6.07, 6.45) is -27.0. The Balaban J connectivity index is 0.922. The van der Waals surface area contributed by atoms with Crippen molar-refractivity contribution in [3.63, 3.8) is 0 Å². The highest BCUT2D eigenvalue weighted by Gasteiger charge is 2.72. The lowest BCUT2D eigenvalue weighted by atomic mass is 9.33. The Labute approximate surface area is 447 Å². The van der Waals surface area contributed by atoms with Crippen LogP contribution in [0.2, 0.25) is 0 Å². The molecule has 442 valence electrons. The van der Waals surface area contributed by atoms with Gasteiger partial charge in [0.15, 0.2) is 18.9 Å². The molecular formula is C53H86O24. The number of fused-ring (bicyclic) bond motifs is 7. The lowest BCUT2D eigenvalue weighted by molar-refractivity contribution is -0.379. The van der Waals surface area contributed by atoms with E-state index in [1.165, 1.54) is 0 Å². The molecule has 29 atom stereocenters. The van der Waals surface area contributed by atoms with E-state index in [-0.39, 0.29) is 36.7 Å². The number of allylic oxidation sites excluding steroid dienone is 2. The molecule has 24 heteroatoms. The van der Waals surface area contributed by atoms with Crippen LogP contribution in [0.4, 0.5) is 0 Å². The highest BCUT2D eigenvalue weighted by molar-refractivity contribution is 5.80. The average molecular weight is 1110 g/mol. The van der Waals surface area contributed by atoms with Gasteiger partial charge in [-0.1, -0.05) is 53.2 Å². The van der Waals surface area contributed by atoms with Gasteiger partial charge in [-0.3, -0.25) is 4.79 Å². The maximum Gasteiger partial charge on any atom is 0.317 e. The summed E-state index contributed by atoms with van der Waals surface area (Å²) in [5.74, 6) is -1.37. The summed E-state index contributed by atoms with van der Waals surface area (Å²) in [6, 6.07) is 0. The minimum Gasteiger partial charge on any atom is -0.432 e. The van der Waals surface area contributed by atoms with Crippen LogP contribution in [0.1, 0.15) is 99.3 Å². The molecule has 0 unspecified atom stereocenters. The van der Waals surface area contributed by atoms with Crippen molar-refractivity contribution in [1.82, 2.24) is 0 Å². The van der Waals surface area contributed by atoms with Gasteiger partial charge in [-0.25, -0.2) is 0 Å². The summed E-state index contributed by atoms with van der Waals surface area (Å²) in [5.41, 5.74) is -2.97. The van der Waals surface area contributed by atoms with E-state index in [1.54, 1.807) is 0 Å². The van der Waals surface area contributed by atoms with Gasteiger partial charge in [0.1, 0.15) is 97.0 Å². The molecule has 77 heavy (non-hydrogen) atoms. The molecule has 0 spiro atoms. The summed E-state index contributed by atoms with van der Waals surface area (Å²) in [6.45, 7) is 9.92. The molecule has 4 saturated heterocycles. The van der Waals surface area contributed by atoms with Gasteiger partial charge >= 0.3 is 5.97 Å². The van der Waals surface area contributed by atoms with E-state index >= 15 is 0 Å². The number of ether oxygens (including phenoxy) is 8. The van der Waals surface area contributed by atoms with Crippen LogP contribution in [0.3, 0.4) is 0 Å². The molecule has 0 aromatic heterocycles. The van der Waals surface area contributed by atoms with Crippen molar-refractivity contribution >= 4 is 5.97 Å². The zero-order chi connectivity index (χ0) is 56.3. The first-order valence-electron chi connectivity index (χ1n) is 27.5. The highest BCUT2D eigenvalue weighted by Crippen LogP contribution is 2.76. The third-order valence-corrected chi connectivity index (χ3v) is 21.2. The smallest absolute Gasteiger partial charge is 0.317 e. The second-order valence-electron chi connectivity index (χ2n) is 25.8. The fourth-order valence-corrected chi connectivity index (χ4v) is 16.4. The van der Waals surface area contributed by atoms with Crippen LogP contribution in [0.5, 0.6) is 0 Å². The number of rotatable bonds is 12. The van der Waals surface area contributed by atoms with E-state index in [4.69, 9.17) is 37.9 Å². The Kier molecular flexibility index (Phi) is 17.0. The van der Waals surface area contributed by atoms with Crippen molar-refractivity contribution in [2.24, 2.45) is 50.2 Å². The Bertz CT molecular complexity index is 2120. The first-order valence-corrected chi connectivity index (χ1v) is 27.5. The van der Waals surface area contributed by atoms with Crippen molar-refractivity contribution in [3.8, 4) is 0 Å². The van der Waals surface area contributed by atoms with Gasteiger partial charge in [-0.2, -0.15) is 0 Å². The topological polar surface area (TPSA) is 394 Å². The molecule has 15 N–H and O–H groups in total. The summed E-state index contributed by atoms with van der Waals surface area (Å²) in [7, 11) is 0. The molecule has 9 rings (SSSR count). The maximum absolute atomic E-state index is 14.8. The number of esters is 1. The molecule has 0 bridgehead atoms. The predicted molar refractivity (Wildman–Crippen MR) is 260 cm³/mol. The Morgan fingerprint density at radius 3 is 1.75 bits per heavy atom. The molecule has 24 nitrogen and oxygen atoms in total. The zero-order valence-corrected chi connectivity index (χ0v) is 44.7. The lowest BCUT2D eigenvalue weighted by Crippen LogP contribution is -2.69. The van der Waals surface area contributed by atoms with E-state index in [0.717, 1.165) is 5.57 Å². The fourth-order valence-electron chi connectivity index (χ4n) is 16.4. The van der Waals surface area contributed by atoms with Crippen molar-refractivity contribution in [2.75, 3.05) is 33.0 Å². The normalized spacial score (nSPS) is 54.7. The van der Waals surface area contributed by atoms with E-state index in [9.17, 15) is 81.4 Å². The number of aliphatic hydroxyl groups excluding tert-OH is 15. The molecule has 9 aliphatic rings. The van der Waals surface area contributed by atoms with Crippen LogP contribution in [-0.4, -0.2) is 245 Å². The monoisotopic (exact) mass is 1110 g/mol. The quantitative estimate of drug-likeness (QED) is 0.0513. The number of aliphatic hydroxyl groups is 15. The number of hydrogen-bond acceptors (Lipinski definition) is 24. The summed E-state index contributed by atoms with van der Waals surface area (Å²) >= 11 is 0. The minimum absolute atomic E-state index is 0.0211. The van der Waals surface area contributed by atoms with Gasteiger partial charge in [0.25, 0.3) is 0 Å². The van der Waals surface area contributed by atoms with Crippen molar-refractivity contribution < 1.29 is 119 Å². The summed E-state index contributed by atoms with van der Waals surface area (Å²) in [4.78, 5) is 14.8. The van der Waals surface area contributed by atoms with E-state index in [1.807, 2.05) is 6.92 Å². The number of carbonyl (C=O) groups excluding carboxylic acids is 1. The molecule has 5 aliphatic carbocycles. The van der Waals surface area contributed by atoms with Gasteiger partial charge in [-0.15, -0.1) is 0 Å². The van der Waals surface area contributed by atoms with E-state index in [2.05, 4.69) is 40.7 Å². The number of hydrogen-bond donors (Lipinski definition) is 15. The average Bonchev–Trinajstić information content (AvgIpc) is 3.16. The molecule has 0 radical (unpaired) electrons. The zero-order valence-electron chi connectivity index (χ0n) is 44.7. The Morgan fingerprint density at radius 2 is 1.14 bits per heavy atom. The van der Waals surface area contributed by atoms with Gasteiger partial charge in [0, 0.05) is 5.41 Å². The van der Waals surface area contributed by atoms with Gasteiger partial charge < -0.3 is 114 Å². The van der Waals surface area contributed by atoms with Crippen molar-refractivity contribution in [1.29, 1.82) is 0 Å². The molecule has 0 aromatic carbocycles. The summed E-state index contributed by atoms with van der Waals surface area (Å²) in [5, 5.41) is 163. The van der Waals surface area contributed by atoms with Crippen LogP contribution in [0.15, 0.2) is 11.6 Å². The van der Waals surface area contributed by atoms with Crippen LogP contribution in [0.25, 0.3) is 0 Å². The van der Waals surface area contributed by atoms with Crippen molar-refractivity contribution in [3.05, 3.63) is 11.6 Å². The summed E-state index contributed by atoms with van der Waals surface area (Å²) < 4.78 is 46.9. The standard InChI is InChI=1S/C53H86O24/c1-48(2)13-14-53(47(69)77-45-38(66)36(64)33(61)26(18-55)72-45)23(15-48)22-7-8-29-49(3)11-10-31(50(4,21-57)28(49)9-12-51(29,5)52(22,6)16-30(53)59)74-43-39(67)41(24(58)20-70-43)75-46-40(68)42(34(62)27(19-56)73-46)76-44-37(65)35(63)32(60)25(17-54)71-44/h7,23-46,54-68H,8-21H2,1-6H3/t23-,24+,25+,26+,27+,28+,29-,30+,31+,32+,33+,34+,35-,36-,37+,38+,39+,40+,41-,42-,43-,44-,45-,46-,49+,50+,51-,52-,53+/m1/s1. The first kappa shape index (κ1) is 59.9. The second kappa shape index (κ2) is 21.8. The highest BCUT2D eigenvalue weighted by atomic mass is 16.8. The molecular weight excluding hydrogens is 1020 g/mol. The third kappa shape index (κ3) is 9.59. The lowest BCUT2D eigenvalue weighted by Gasteiger charge is -2.72. The van der Waals surface area contributed by atoms with Gasteiger partial charge in [0.05, 0.1) is 45.2 Å². The minimum atomic E-state index is -1.95. The fraction of sp³-hybridized carbons (Fsp3) is 0.943.